The van der Waals surface area contributed by atoms with E-state index in [0.717, 1.165) is 29.9 Å². The van der Waals surface area contributed by atoms with Gasteiger partial charge < -0.3 is 9.55 Å². The number of rotatable bonds is 4. The number of imidazole rings is 2. The monoisotopic (exact) mass is 349 g/mol. The summed E-state index contributed by atoms with van der Waals surface area (Å²) in [4.78, 5) is 15.5. The number of hydrogen-bond donors (Lipinski definition) is 1. The lowest BCUT2D eigenvalue weighted by Gasteiger charge is -2.24. The van der Waals surface area contributed by atoms with Gasteiger partial charge in [0.15, 0.2) is 0 Å². The van der Waals surface area contributed by atoms with Crippen molar-refractivity contribution < 1.29 is 0 Å². The van der Waals surface area contributed by atoms with Gasteiger partial charge in [-0.2, -0.15) is 0 Å². The van der Waals surface area contributed by atoms with Gasteiger partial charge in [0.05, 0.1) is 29.1 Å². The first-order valence-electron chi connectivity index (χ1n) is 9.99. The minimum atomic E-state index is 0.384. The van der Waals surface area contributed by atoms with E-state index in [0.29, 0.717) is 12.1 Å². The second kappa shape index (κ2) is 6.54. The fourth-order valence-electron chi connectivity index (χ4n) is 4.80. The van der Waals surface area contributed by atoms with Crippen LogP contribution in [-0.4, -0.2) is 31.0 Å². The standard InChI is InChI=1S/C21H27N5/c1-15-8-9-18-19(11-15)24-21(23-18)20-7-4-10-25(20)13-17-12-22-14-26(17)16-5-2-3-6-16/h8-9,11-12,14,16,20H,2-7,10,13H2,1H3,(H,23,24)/t20-/m0/s1. The number of nitrogens with zero attached hydrogens (tertiary/aromatic N) is 4. The maximum atomic E-state index is 4.90. The van der Waals surface area contributed by atoms with Gasteiger partial charge in [-0.3, -0.25) is 4.90 Å². The highest BCUT2D eigenvalue weighted by molar-refractivity contribution is 5.75. The van der Waals surface area contributed by atoms with Gasteiger partial charge in [0.2, 0.25) is 0 Å². The van der Waals surface area contributed by atoms with Crippen molar-refractivity contribution in [1.29, 1.82) is 0 Å². The molecule has 1 aliphatic carbocycles. The first-order valence-corrected chi connectivity index (χ1v) is 9.99. The minimum absolute atomic E-state index is 0.384. The molecule has 0 spiro atoms. The Balaban J connectivity index is 1.39. The summed E-state index contributed by atoms with van der Waals surface area (Å²) in [5, 5.41) is 0. The highest BCUT2D eigenvalue weighted by Crippen LogP contribution is 2.35. The molecule has 5 nitrogen and oxygen atoms in total. The van der Waals surface area contributed by atoms with E-state index in [9.17, 15) is 0 Å². The number of hydrogen-bond acceptors (Lipinski definition) is 3. The Labute approximate surface area is 154 Å². The fourth-order valence-corrected chi connectivity index (χ4v) is 4.80. The smallest absolute Gasteiger partial charge is 0.124 e. The van der Waals surface area contributed by atoms with Gasteiger partial charge in [0.25, 0.3) is 0 Å². The summed E-state index contributed by atoms with van der Waals surface area (Å²) in [6, 6.07) is 7.50. The van der Waals surface area contributed by atoms with Crippen LogP contribution in [0.2, 0.25) is 0 Å². The number of aryl methyl sites for hydroxylation is 1. The number of likely N-dealkylation sites (tertiary alicyclic amines) is 1. The molecule has 1 aliphatic heterocycles. The van der Waals surface area contributed by atoms with Crippen molar-refractivity contribution in [2.24, 2.45) is 0 Å². The Bertz CT molecular complexity index is 902. The molecule has 2 aromatic heterocycles. The van der Waals surface area contributed by atoms with Crippen LogP contribution in [-0.2, 0) is 6.54 Å². The van der Waals surface area contributed by atoms with Gasteiger partial charge in [-0.1, -0.05) is 18.9 Å². The molecule has 0 unspecified atom stereocenters. The molecule has 5 heteroatoms. The number of fused-ring (bicyclic) bond motifs is 1. The summed E-state index contributed by atoms with van der Waals surface area (Å²) >= 11 is 0. The number of nitrogens with one attached hydrogen (secondary N) is 1. The predicted molar refractivity (Wildman–Crippen MR) is 103 cm³/mol. The van der Waals surface area contributed by atoms with Crippen LogP contribution in [0.3, 0.4) is 0 Å². The highest BCUT2D eigenvalue weighted by atomic mass is 15.2. The van der Waals surface area contributed by atoms with Crippen molar-refractivity contribution in [2.75, 3.05) is 6.54 Å². The molecule has 1 N–H and O–H groups in total. The van der Waals surface area contributed by atoms with Crippen LogP contribution in [0.4, 0.5) is 0 Å². The third-order valence-corrected chi connectivity index (χ3v) is 6.16. The fraction of sp³-hybridized carbons (Fsp3) is 0.524. The molecule has 1 saturated carbocycles. The topological polar surface area (TPSA) is 49.7 Å². The molecule has 1 aromatic carbocycles. The van der Waals surface area contributed by atoms with Gasteiger partial charge in [-0.15, -0.1) is 0 Å². The van der Waals surface area contributed by atoms with E-state index in [-0.39, 0.29) is 0 Å². The average Bonchev–Trinajstić information content (AvgIpc) is 3.41. The third kappa shape index (κ3) is 2.84. The average molecular weight is 349 g/mol. The molecule has 0 radical (unpaired) electrons. The Hall–Kier alpha value is -2.14. The first-order chi connectivity index (χ1) is 12.8. The molecule has 26 heavy (non-hydrogen) atoms. The molecule has 3 heterocycles. The summed E-state index contributed by atoms with van der Waals surface area (Å²) in [6.07, 6.45) is 11.8. The van der Waals surface area contributed by atoms with Crippen LogP contribution in [0.15, 0.2) is 30.7 Å². The van der Waals surface area contributed by atoms with Crippen LogP contribution in [0.1, 0.15) is 67.7 Å². The molecule has 136 valence electrons. The molecule has 0 amide bonds. The van der Waals surface area contributed by atoms with Crippen molar-refractivity contribution in [2.45, 2.75) is 64.1 Å². The Kier molecular flexibility index (Phi) is 4.04. The SMILES string of the molecule is Cc1ccc2nc([C@@H]3CCCN3Cc3cncn3C3CCCC3)[nH]c2c1. The van der Waals surface area contributed by atoms with E-state index in [1.165, 1.54) is 49.8 Å². The van der Waals surface area contributed by atoms with Crippen LogP contribution in [0.5, 0.6) is 0 Å². The second-order valence-electron chi connectivity index (χ2n) is 8.00. The number of aromatic nitrogens is 4. The van der Waals surface area contributed by atoms with Crippen LogP contribution in [0.25, 0.3) is 11.0 Å². The highest BCUT2D eigenvalue weighted by Gasteiger charge is 2.30. The number of H-pyrrole nitrogens is 1. The zero-order valence-corrected chi connectivity index (χ0v) is 15.5. The zero-order valence-electron chi connectivity index (χ0n) is 15.5. The van der Waals surface area contributed by atoms with E-state index in [1.807, 2.05) is 6.33 Å². The van der Waals surface area contributed by atoms with Crippen molar-refractivity contribution >= 4 is 11.0 Å². The summed E-state index contributed by atoms with van der Waals surface area (Å²) in [6.45, 7) is 4.24. The quantitative estimate of drug-likeness (QED) is 0.753. The van der Waals surface area contributed by atoms with Crippen molar-refractivity contribution in [3.63, 3.8) is 0 Å². The lowest BCUT2D eigenvalue weighted by Crippen LogP contribution is -2.25. The normalized spacial score (nSPS) is 22.0. The van der Waals surface area contributed by atoms with Crippen molar-refractivity contribution in [3.05, 3.63) is 47.8 Å². The second-order valence-corrected chi connectivity index (χ2v) is 8.00. The molecule has 2 fully saturated rings. The van der Waals surface area contributed by atoms with Gasteiger partial charge in [-0.25, -0.2) is 9.97 Å². The first kappa shape index (κ1) is 16.1. The predicted octanol–water partition coefficient (Wildman–Crippen LogP) is 4.52. The van der Waals surface area contributed by atoms with E-state index >= 15 is 0 Å². The Morgan fingerprint density at radius 2 is 2.04 bits per heavy atom. The molecule has 2 aliphatic rings. The van der Waals surface area contributed by atoms with E-state index in [2.05, 4.69) is 50.8 Å². The number of aromatic amines is 1. The molecular formula is C21H27N5. The molecule has 1 saturated heterocycles. The third-order valence-electron chi connectivity index (χ3n) is 6.16. The van der Waals surface area contributed by atoms with Gasteiger partial charge in [-0.05, 0) is 56.8 Å². The lowest BCUT2D eigenvalue weighted by atomic mass is 10.2. The summed E-state index contributed by atoms with van der Waals surface area (Å²) < 4.78 is 2.43. The van der Waals surface area contributed by atoms with Crippen molar-refractivity contribution in [1.82, 2.24) is 24.4 Å². The van der Waals surface area contributed by atoms with Crippen molar-refractivity contribution in [3.8, 4) is 0 Å². The summed E-state index contributed by atoms with van der Waals surface area (Å²) in [5.74, 6) is 1.12. The molecule has 1 atom stereocenters. The van der Waals surface area contributed by atoms with Crippen LogP contribution < -0.4 is 0 Å². The Morgan fingerprint density at radius 1 is 1.15 bits per heavy atom. The van der Waals surface area contributed by atoms with Crippen LogP contribution >= 0.6 is 0 Å². The molecular weight excluding hydrogens is 322 g/mol. The van der Waals surface area contributed by atoms with Gasteiger partial charge in [0.1, 0.15) is 5.82 Å². The molecule has 5 rings (SSSR count). The largest absolute Gasteiger partial charge is 0.341 e. The lowest BCUT2D eigenvalue weighted by molar-refractivity contribution is 0.233. The summed E-state index contributed by atoms with van der Waals surface area (Å²) in [7, 11) is 0. The molecule has 0 bridgehead atoms. The molecule has 3 aromatic rings. The van der Waals surface area contributed by atoms with E-state index in [1.54, 1.807) is 0 Å². The maximum Gasteiger partial charge on any atom is 0.124 e. The van der Waals surface area contributed by atoms with Gasteiger partial charge in [0, 0.05) is 18.8 Å². The van der Waals surface area contributed by atoms with Gasteiger partial charge >= 0.3 is 0 Å². The number of benzene rings is 1. The summed E-state index contributed by atoms with van der Waals surface area (Å²) in [5.41, 5.74) is 4.86. The van der Waals surface area contributed by atoms with E-state index in [4.69, 9.17) is 4.98 Å². The Morgan fingerprint density at radius 3 is 2.92 bits per heavy atom. The van der Waals surface area contributed by atoms with Crippen LogP contribution in [0, 0.1) is 6.92 Å². The zero-order chi connectivity index (χ0) is 17.5. The maximum absolute atomic E-state index is 4.90. The minimum Gasteiger partial charge on any atom is -0.341 e. The van der Waals surface area contributed by atoms with E-state index < -0.39 is 0 Å².